The summed E-state index contributed by atoms with van der Waals surface area (Å²) in [5.41, 5.74) is -1.29. The van der Waals surface area contributed by atoms with Crippen LogP contribution in [0.15, 0.2) is 18.2 Å². The number of fused-ring (bicyclic) bond motifs is 1. The first kappa shape index (κ1) is 16.0. The van der Waals surface area contributed by atoms with Crippen LogP contribution in [-0.2, 0) is 9.59 Å². The SMILES string of the molecule is C[C@]12CCCN1C(=O)N([C@@H]1CC(=O)N(c3c(F)cccc3F)C1)C2=O. The molecule has 3 fully saturated rings. The molecule has 0 bridgehead atoms. The number of anilines is 1. The predicted molar refractivity (Wildman–Crippen MR) is 83.7 cm³/mol. The van der Waals surface area contributed by atoms with E-state index in [0.717, 1.165) is 28.4 Å². The number of carbonyl (C=O) groups excluding carboxylic acids is 3. The van der Waals surface area contributed by atoms with Crippen LogP contribution in [0.3, 0.4) is 0 Å². The fraction of sp³-hybridized carbons (Fsp3) is 0.471. The third kappa shape index (κ3) is 2.09. The highest BCUT2D eigenvalue weighted by atomic mass is 19.1. The molecule has 3 saturated heterocycles. The monoisotopic (exact) mass is 349 g/mol. The predicted octanol–water partition coefficient (Wildman–Crippen LogP) is 1.89. The van der Waals surface area contributed by atoms with Crippen LogP contribution in [0, 0.1) is 11.6 Å². The van der Waals surface area contributed by atoms with Crippen LogP contribution >= 0.6 is 0 Å². The lowest BCUT2D eigenvalue weighted by molar-refractivity contribution is -0.133. The number of imide groups is 1. The van der Waals surface area contributed by atoms with Gasteiger partial charge in [-0.15, -0.1) is 0 Å². The molecule has 1 aromatic carbocycles. The summed E-state index contributed by atoms with van der Waals surface area (Å²) in [6.07, 6.45) is 1.22. The van der Waals surface area contributed by atoms with Crippen LogP contribution in [0.5, 0.6) is 0 Å². The lowest BCUT2D eigenvalue weighted by Crippen LogP contribution is -2.45. The zero-order valence-corrected chi connectivity index (χ0v) is 13.7. The van der Waals surface area contributed by atoms with E-state index in [1.54, 1.807) is 6.92 Å². The van der Waals surface area contributed by atoms with E-state index in [9.17, 15) is 23.2 Å². The molecule has 0 spiro atoms. The van der Waals surface area contributed by atoms with Gasteiger partial charge in [0.1, 0.15) is 22.9 Å². The van der Waals surface area contributed by atoms with Crippen molar-refractivity contribution in [2.75, 3.05) is 18.0 Å². The Kier molecular flexibility index (Phi) is 3.35. The van der Waals surface area contributed by atoms with Crippen molar-refractivity contribution in [3.8, 4) is 0 Å². The highest BCUT2D eigenvalue weighted by molar-refractivity contribution is 6.08. The van der Waals surface area contributed by atoms with Gasteiger partial charge in [-0.3, -0.25) is 14.5 Å². The summed E-state index contributed by atoms with van der Waals surface area (Å²) in [4.78, 5) is 41.3. The zero-order valence-electron chi connectivity index (χ0n) is 13.7. The van der Waals surface area contributed by atoms with Crippen molar-refractivity contribution < 1.29 is 23.2 Å². The number of para-hydroxylation sites is 1. The van der Waals surface area contributed by atoms with Crippen molar-refractivity contribution in [2.45, 2.75) is 37.8 Å². The van der Waals surface area contributed by atoms with Gasteiger partial charge in [-0.25, -0.2) is 13.6 Å². The van der Waals surface area contributed by atoms with Crippen LogP contribution in [0.2, 0.25) is 0 Å². The molecule has 0 N–H and O–H groups in total. The van der Waals surface area contributed by atoms with E-state index in [0.29, 0.717) is 13.0 Å². The summed E-state index contributed by atoms with van der Waals surface area (Å²) in [6.45, 7) is 2.13. The van der Waals surface area contributed by atoms with Gasteiger partial charge in [0, 0.05) is 19.5 Å². The van der Waals surface area contributed by atoms with E-state index >= 15 is 0 Å². The van der Waals surface area contributed by atoms with Gasteiger partial charge in [-0.1, -0.05) is 6.07 Å². The molecule has 6 nitrogen and oxygen atoms in total. The second kappa shape index (κ2) is 5.24. The minimum Gasteiger partial charge on any atom is -0.310 e. The molecule has 25 heavy (non-hydrogen) atoms. The summed E-state index contributed by atoms with van der Waals surface area (Å²) in [5.74, 6) is -2.53. The first-order valence-corrected chi connectivity index (χ1v) is 8.24. The quantitative estimate of drug-likeness (QED) is 0.766. The van der Waals surface area contributed by atoms with Crippen molar-refractivity contribution in [1.29, 1.82) is 0 Å². The maximum atomic E-state index is 14.0. The first-order valence-electron chi connectivity index (χ1n) is 8.24. The highest BCUT2D eigenvalue weighted by Crippen LogP contribution is 2.40. The topological polar surface area (TPSA) is 60.9 Å². The standard InChI is InChI=1S/C17H17F2N3O3/c1-17-6-3-7-21(17)16(25)22(15(17)24)10-8-13(23)20(9-10)14-11(18)4-2-5-12(14)19/h2,4-5,10H,3,6-9H2,1H3/t10-,17-/m1/s1. The zero-order chi connectivity index (χ0) is 17.9. The third-order valence-corrected chi connectivity index (χ3v) is 5.43. The molecule has 3 heterocycles. The number of benzene rings is 1. The molecule has 1 aromatic rings. The number of urea groups is 1. The van der Waals surface area contributed by atoms with Crippen LogP contribution in [0.1, 0.15) is 26.2 Å². The normalized spacial score (nSPS) is 29.2. The Labute approximate surface area is 143 Å². The molecular weight excluding hydrogens is 332 g/mol. The molecule has 4 rings (SSSR count). The van der Waals surface area contributed by atoms with Gasteiger partial charge in [0.25, 0.3) is 5.91 Å². The van der Waals surface area contributed by atoms with Gasteiger partial charge < -0.3 is 9.80 Å². The smallest absolute Gasteiger partial charge is 0.310 e. The van der Waals surface area contributed by atoms with Crippen LogP contribution < -0.4 is 4.90 Å². The van der Waals surface area contributed by atoms with E-state index in [4.69, 9.17) is 0 Å². The molecule has 0 aromatic heterocycles. The fourth-order valence-electron chi connectivity index (χ4n) is 4.12. The van der Waals surface area contributed by atoms with Gasteiger partial charge in [0.15, 0.2) is 0 Å². The van der Waals surface area contributed by atoms with Gasteiger partial charge in [0.2, 0.25) is 5.91 Å². The van der Waals surface area contributed by atoms with Crippen LogP contribution in [0.25, 0.3) is 0 Å². The number of halogens is 2. The van der Waals surface area contributed by atoms with E-state index < -0.39 is 40.8 Å². The number of nitrogens with zero attached hydrogens (tertiary/aromatic N) is 3. The second-order valence-electron chi connectivity index (χ2n) is 6.92. The lowest BCUT2D eigenvalue weighted by atomic mass is 9.99. The number of hydrogen-bond donors (Lipinski definition) is 0. The third-order valence-electron chi connectivity index (χ3n) is 5.43. The number of carbonyl (C=O) groups is 3. The van der Waals surface area contributed by atoms with Crippen LogP contribution in [-0.4, -0.2) is 52.3 Å². The summed E-state index contributed by atoms with van der Waals surface area (Å²) in [6, 6.07) is 2.23. The highest BCUT2D eigenvalue weighted by Gasteiger charge is 2.59. The van der Waals surface area contributed by atoms with Crippen molar-refractivity contribution in [3.05, 3.63) is 29.8 Å². The van der Waals surface area contributed by atoms with Gasteiger partial charge in [-0.05, 0) is 31.9 Å². The molecule has 0 aliphatic carbocycles. The molecule has 8 heteroatoms. The van der Waals surface area contributed by atoms with Crippen molar-refractivity contribution in [3.63, 3.8) is 0 Å². The average Bonchev–Trinajstić information content (AvgIpc) is 3.16. The van der Waals surface area contributed by atoms with E-state index in [2.05, 4.69) is 0 Å². The molecule has 0 radical (unpaired) electrons. The largest absolute Gasteiger partial charge is 0.328 e. The van der Waals surface area contributed by atoms with E-state index in [-0.39, 0.29) is 18.9 Å². The molecule has 0 unspecified atom stereocenters. The summed E-state index contributed by atoms with van der Waals surface area (Å²) in [7, 11) is 0. The van der Waals surface area contributed by atoms with Gasteiger partial charge in [0.05, 0.1) is 6.04 Å². The summed E-state index contributed by atoms with van der Waals surface area (Å²) in [5, 5.41) is 0. The fourth-order valence-corrected chi connectivity index (χ4v) is 4.12. The molecule has 2 atom stereocenters. The number of amides is 4. The Morgan fingerprint density at radius 1 is 1.16 bits per heavy atom. The maximum Gasteiger partial charge on any atom is 0.328 e. The van der Waals surface area contributed by atoms with Gasteiger partial charge >= 0.3 is 6.03 Å². The van der Waals surface area contributed by atoms with Crippen molar-refractivity contribution in [2.24, 2.45) is 0 Å². The average molecular weight is 349 g/mol. The Balaban J connectivity index is 1.63. The molecule has 0 saturated carbocycles. The Morgan fingerprint density at radius 2 is 1.84 bits per heavy atom. The van der Waals surface area contributed by atoms with Crippen molar-refractivity contribution in [1.82, 2.24) is 9.80 Å². The lowest BCUT2D eigenvalue weighted by Gasteiger charge is -2.23. The van der Waals surface area contributed by atoms with Gasteiger partial charge in [-0.2, -0.15) is 0 Å². The Morgan fingerprint density at radius 3 is 2.48 bits per heavy atom. The van der Waals surface area contributed by atoms with E-state index in [1.165, 1.54) is 11.0 Å². The Bertz CT molecular complexity index is 779. The van der Waals surface area contributed by atoms with Crippen LogP contribution in [0.4, 0.5) is 19.3 Å². The summed E-state index contributed by atoms with van der Waals surface area (Å²) < 4.78 is 28.0. The molecule has 4 amide bonds. The van der Waals surface area contributed by atoms with Crippen molar-refractivity contribution >= 4 is 23.5 Å². The number of hydrogen-bond acceptors (Lipinski definition) is 3. The minimum atomic E-state index is -0.864. The molecular formula is C17H17F2N3O3. The first-order chi connectivity index (χ1) is 11.8. The minimum absolute atomic E-state index is 0.0991. The molecule has 3 aliphatic heterocycles. The number of rotatable bonds is 2. The molecule has 3 aliphatic rings. The second-order valence-corrected chi connectivity index (χ2v) is 6.92. The Hall–Kier alpha value is -2.51. The summed E-state index contributed by atoms with van der Waals surface area (Å²) >= 11 is 0. The molecule has 132 valence electrons. The van der Waals surface area contributed by atoms with E-state index in [1.807, 2.05) is 0 Å². The maximum absolute atomic E-state index is 14.0.